The minimum absolute atomic E-state index is 0.00747. The van der Waals surface area contributed by atoms with Gasteiger partial charge < -0.3 is 19.5 Å². The Labute approximate surface area is 213 Å². The SMILES string of the molecule is CCCCOC(=O)C1=C(C)NC2=C(C(=O)C[C@H](c3ccc(OC)c(OC)c3)C2)[C@H]1c1ccccc1C. The topological polar surface area (TPSA) is 73.9 Å². The van der Waals surface area contributed by atoms with Crippen molar-refractivity contribution in [1.29, 1.82) is 0 Å². The van der Waals surface area contributed by atoms with E-state index in [4.69, 9.17) is 14.2 Å². The van der Waals surface area contributed by atoms with E-state index in [1.807, 2.05) is 56.3 Å². The third-order valence-electron chi connectivity index (χ3n) is 7.16. The van der Waals surface area contributed by atoms with Crippen LogP contribution in [-0.4, -0.2) is 32.6 Å². The maximum absolute atomic E-state index is 13.8. The summed E-state index contributed by atoms with van der Waals surface area (Å²) >= 11 is 0. The molecule has 0 amide bonds. The summed E-state index contributed by atoms with van der Waals surface area (Å²) in [5.41, 5.74) is 5.84. The molecular weight excluding hydrogens is 454 g/mol. The van der Waals surface area contributed by atoms with Gasteiger partial charge in [0.1, 0.15) is 0 Å². The number of rotatable bonds is 8. The lowest BCUT2D eigenvalue weighted by atomic mass is 9.71. The van der Waals surface area contributed by atoms with Crippen molar-refractivity contribution in [2.24, 2.45) is 0 Å². The van der Waals surface area contributed by atoms with Gasteiger partial charge in [0.05, 0.1) is 26.4 Å². The first kappa shape index (κ1) is 25.5. The van der Waals surface area contributed by atoms with Crippen LogP contribution < -0.4 is 14.8 Å². The first-order valence-corrected chi connectivity index (χ1v) is 12.6. The Morgan fingerprint density at radius 3 is 2.47 bits per heavy atom. The molecule has 1 N–H and O–H groups in total. The zero-order valence-electron chi connectivity index (χ0n) is 21.8. The summed E-state index contributed by atoms with van der Waals surface area (Å²) in [5.74, 6) is 0.530. The smallest absolute Gasteiger partial charge is 0.336 e. The van der Waals surface area contributed by atoms with Crippen LogP contribution in [0.15, 0.2) is 65.0 Å². The molecule has 2 aromatic rings. The Balaban J connectivity index is 1.75. The van der Waals surface area contributed by atoms with Crippen LogP contribution in [0.25, 0.3) is 0 Å². The van der Waals surface area contributed by atoms with Crippen molar-refractivity contribution in [2.75, 3.05) is 20.8 Å². The maximum atomic E-state index is 13.8. The van der Waals surface area contributed by atoms with E-state index in [0.717, 1.165) is 40.9 Å². The van der Waals surface area contributed by atoms with Gasteiger partial charge in [-0.05, 0) is 61.4 Å². The second kappa shape index (κ2) is 11.0. The summed E-state index contributed by atoms with van der Waals surface area (Å²) in [4.78, 5) is 27.1. The van der Waals surface area contributed by atoms with Crippen LogP contribution in [0.5, 0.6) is 11.5 Å². The number of hydrogen-bond donors (Lipinski definition) is 1. The number of esters is 1. The normalized spacial score (nSPS) is 19.5. The van der Waals surface area contributed by atoms with E-state index in [1.54, 1.807) is 14.2 Å². The fraction of sp³-hybridized carbons (Fsp3) is 0.400. The Morgan fingerprint density at radius 2 is 1.78 bits per heavy atom. The second-order valence-corrected chi connectivity index (χ2v) is 9.48. The van der Waals surface area contributed by atoms with Crippen LogP contribution in [0.4, 0.5) is 0 Å². The number of carbonyl (C=O) groups excluding carboxylic acids is 2. The third kappa shape index (κ3) is 4.90. The number of hydrogen-bond acceptors (Lipinski definition) is 6. The van der Waals surface area contributed by atoms with Crippen LogP contribution in [0.1, 0.15) is 68.1 Å². The van der Waals surface area contributed by atoms with Gasteiger partial charge in [-0.25, -0.2) is 4.79 Å². The van der Waals surface area contributed by atoms with Gasteiger partial charge >= 0.3 is 5.97 Å². The Hall–Kier alpha value is -3.54. The van der Waals surface area contributed by atoms with Crippen LogP contribution in [0.2, 0.25) is 0 Å². The molecule has 6 nitrogen and oxygen atoms in total. The fourth-order valence-corrected chi connectivity index (χ4v) is 5.26. The lowest BCUT2D eigenvalue weighted by Crippen LogP contribution is -2.36. The van der Waals surface area contributed by atoms with Crippen LogP contribution >= 0.6 is 0 Å². The van der Waals surface area contributed by atoms with Crippen molar-refractivity contribution in [3.05, 3.63) is 81.7 Å². The van der Waals surface area contributed by atoms with Gasteiger partial charge in [-0.3, -0.25) is 4.79 Å². The van der Waals surface area contributed by atoms with E-state index in [0.29, 0.717) is 42.1 Å². The zero-order chi connectivity index (χ0) is 25.8. The summed E-state index contributed by atoms with van der Waals surface area (Å²) in [6.07, 6.45) is 2.76. The summed E-state index contributed by atoms with van der Waals surface area (Å²) in [5, 5.41) is 3.42. The van der Waals surface area contributed by atoms with Crippen LogP contribution in [0.3, 0.4) is 0 Å². The van der Waals surface area contributed by atoms with E-state index >= 15 is 0 Å². The number of carbonyl (C=O) groups is 2. The Morgan fingerprint density at radius 1 is 1.03 bits per heavy atom. The highest BCUT2D eigenvalue weighted by Crippen LogP contribution is 2.47. The molecule has 0 spiro atoms. The van der Waals surface area contributed by atoms with E-state index < -0.39 is 5.92 Å². The number of aryl methyl sites for hydroxylation is 1. The van der Waals surface area contributed by atoms with E-state index in [2.05, 4.69) is 12.2 Å². The number of benzene rings is 2. The van der Waals surface area contributed by atoms with Gasteiger partial charge in [-0.15, -0.1) is 0 Å². The van der Waals surface area contributed by atoms with Crippen molar-refractivity contribution >= 4 is 11.8 Å². The molecule has 0 radical (unpaired) electrons. The molecule has 4 rings (SSSR count). The predicted molar refractivity (Wildman–Crippen MR) is 139 cm³/mol. The molecule has 1 aliphatic carbocycles. The average Bonchev–Trinajstić information content (AvgIpc) is 2.87. The average molecular weight is 490 g/mol. The van der Waals surface area contributed by atoms with Crippen molar-refractivity contribution in [2.45, 2.75) is 58.3 Å². The van der Waals surface area contributed by atoms with E-state index in [1.165, 1.54) is 0 Å². The van der Waals surface area contributed by atoms with Gasteiger partial charge in [0.25, 0.3) is 0 Å². The summed E-state index contributed by atoms with van der Waals surface area (Å²) in [6, 6.07) is 13.8. The Kier molecular flexibility index (Phi) is 7.82. The molecule has 2 aliphatic rings. The fourth-order valence-electron chi connectivity index (χ4n) is 5.26. The molecule has 36 heavy (non-hydrogen) atoms. The molecule has 0 aromatic heterocycles. The van der Waals surface area contributed by atoms with Gasteiger partial charge in [-0.2, -0.15) is 0 Å². The quantitative estimate of drug-likeness (QED) is 0.378. The Bertz CT molecular complexity index is 1230. The number of ether oxygens (including phenoxy) is 3. The van der Waals surface area contributed by atoms with Gasteiger partial charge in [0.15, 0.2) is 17.3 Å². The molecule has 2 aromatic carbocycles. The predicted octanol–water partition coefficient (Wildman–Crippen LogP) is 5.72. The van der Waals surface area contributed by atoms with Crippen LogP contribution in [-0.2, 0) is 14.3 Å². The summed E-state index contributed by atoms with van der Waals surface area (Å²) in [7, 11) is 3.22. The molecule has 6 heteroatoms. The highest BCUT2D eigenvalue weighted by Gasteiger charge is 2.42. The molecule has 1 heterocycles. The zero-order valence-corrected chi connectivity index (χ0v) is 21.8. The van der Waals surface area contributed by atoms with Crippen LogP contribution in [0, 0.1) is 6.92 Å². The largest absolute Gasteiger partial charge is 0.493 e. The first-order chi connectivity index (χ1) is 17.4. The lowest BCUT2D eigenvalue weighted by molar-refractivity contribution is -0.139. The standard InChI is InChI=1S/C30H35NO5/c1-6-7-14-36-30(33)27-19(3)31-23-15-21(20-12-13-25(34-4)26(17-20)35-5)16-24(32)29(23)28(27)22-11-9-8-10-18(22)2/h8-13,17,21,28,31H,6-7,14-16H2,1-5H3/t21-,28+/m1/s1. The minimum Gasteiger partial charge on any atom is -0.493 e. The van der Waals surface area contributed by atoms with E-state index in [9.17, 15) is 9.59 Å². The molecule has 2 atom stereocenters. The summed E-state index contributed by atoms with van der Waals surface area (Å²) < 4.78 is 16.5. The van der Waals surface area contributed by atoms with Gasteiger partial charge in [0, 0.05) is 29.3 Å². The van der Waals surface area contributed by atoms with Crippen molar-refractivity contribution in [3.63, 3.8) is 0 Å². The molecular formula is C30H35NO5. The molecule has 0 fully saturated rings. The maximum Gasteiger partial charge on any atom is 0.336 e. The monoisotopic (exact) mass is 489 g/mol. The van der Waals surface area contributed by atoms with Crippen molar-refractivity contribution in [1.82, 2.24) is 5.32 Å². The molecule has 0 saturated carbocycles. The molecule has 0 saturated heterocycles. The number of nitrogens with one attached hydrogen (secondary N) is 1. The number of unbranched alkanes of at least 4 members (excludes halogenated alkanes) is 1. The van der Waals surface area contributed by atoms with Gasteiger partial charge in [-0.1, -0.05) is 43.7 Å². The first-order valence-electron chi connectivity index (χ1n) is 12.6. The second-order valence-electron chi connectivity index (χ2n) is 9.48. The lowest BCUT2D eigenvalue weighted by Gasteiger charge is -2.37. The minimum atomic E-state index is -0.449. The molecule has 190 valence electrons. The number of dihydropyridines is 1. The molecule has 0 unspecified atom stereocenters. The third-order valence-corrected chi connectivity index (χ3v) is 7.16. The number of ketones is 1. The van der Waals surface area contributed by atoms with Gasteiger partial charge in [0.2, 0.25) is 0 Å². The highest BCUT2D eigenvalue weighted by atomic mass is 16.5. The number of Topliss-reactive ketones (excluding diaryl/α,β-unsaturated/α-hetero) is 1. The molecule has 0 bridgehead atoms. The van der Waals surface area contributed by atoms with Crippen molar-refractivity contribution < 1.29 is 23.8 Å². The number of methoxy groups -OCH3 is 2. The summed E-state index contributed by atoms with van der Waals surface area (Å²) in [6.45, 7) is 6.35. The van der Waals surface area contributed by atoms with E-state index in [-0.39, 0.29) is 17.7 Å². The van der Waals surface area contributed by atoms with Crippen molar-refractivity contribution in [3.8, 4) is 11.5 Å². The number of allylic oxidation sites excluding steroid dienone is 3. The highest BCUT2D eigenvalue weighted by molar-refractivity contribution is 6.04. The molecule has 1 aliphatic heterocycles.